The maximum absolute atomic E-state index is 11.2. The Morgan fingerprint density at radius 2 is 1.67 bits per heavy atom. The van der Waals surface area contributed by atoms with Crippen LogP contribution in [-0.4, -0.2) is 22.2 Å². The highest BCUT2D eigenvalue weighted by molar-refractivity contribution is 6.21. The highest BCUT2D eigenvalue weighted by Gasteiger charge is 2.19. The van der Waals surface area contributed by atoms with Gasteiger partial charge in [-0.05, 0) is 16.8 Å². The van der Waals surface area contributed by atoms with Gasteiger partial charge in [0.2, 0.25) is 0 Å². The summed E-state index contributed by atoms with van der Waals surface area (Å²) in [6.07, 6.45) is 0. The summed E-state index contributed by atoms with van der Waals surface area (Å²) in [6, 6.07) is 10.1. The van der Waals surface area contributed by atoms with Gasteiger partial charge in [0.25, 0.3) is 0 Å². The van der Waals surface area contributed by atoms with Crippen molar-refractivity contribution < 1.29 is 19.8 Å². The monoisotopic (exact) mass is 242 g/mol. The molecule has 4 heteroatoms. The van der Waals surface area contributed by atoms with E-state index in [9.17, 15) is 9.59 Å². The molecule has 0 spiro atoms. The Morgan fingerprint density at radius 1 is 1.00 bits per heavy atom. The molecular weight excluding hydrogens is 232 g/mol. The lowest BCUT2D eigenvalue weighted by molar-refractivity contribution is -0.130. The molecule has 18 heavy (non-hydrogen) atoms. The Morgan fingerprint density at radius 3 is 2.28 bits per heavy atom. The lowest BCUT2D eigenvalue weighted by Crippen LogP contribution is -2.07. The number of hydrogen-bond donors (Lipinski definition) is 2. The largest absolute Gasteiger partial charge is 0.478 e. The fraction of sp³-hybridized carbons (Fsp3) is 0. The van der Waals surface area contributed by atoms with E-state index in [-0.39, 0.29) is 16.7 Å². The molecule has 0 unspecified atom stereocenters. The minimum absolute atomic E-state index is 0.0545. The highest BCUT2D eigenvalue weighted by Crippen LogP contribution is 2.28. The van der Waals surface area contributed by atoms with Crippen LogP contribution in [0.25, 0.3) is 16.3 Å². The molecule has 0 radical (unpaired) electrons. The maximum atomic E-state index is 11.2. The molecule has 2 aromatic rings. The quantitative estimate of drug-likeness (QED) is 0.811. The molecule has 2 aromatic carbocycles. The first-order valence-corrected chi connectivity index (χ1v) is 5.20. The van der Waals surface area contributed by atoms with Crippen LogP contribution in [0.15, 0.2) is 43.0 Å². The molecule has 0 amide bonds. The Bertz CT molecular complexity index is 671. The van der Waals surface area contributed by atoms with Gasteiger partial charge in [-0.1, -0.05) is 36.9 Å². The van der Waals surface area contributed by atoms with Crippen LogP contribution >= 0.6 is 0 Å². The van der Waals surface area contributed by atoms with Crippen molar-refractivity contribution in [2.75, 3.05) is 0 Å². The standard InChI is InChI=1S/C14H10O4/c1-8(13(15)16)12-10-5-3-2-4-9(10)6-7-11(12)14(17)18/h2-7H,1H2,(H,15,16)(H,17,18). The molecule has 0 aromatic heterocycles. The van der Waals surface area contributed by atoms with Crippen molar-refractivity contribution in [2.45, 2.75) is 0 Å². The number of carbonyl (C=O) groups is 2. The smallest absolute Gasteiger partial charge is 0.336 e. The summed E-state index contributed by atoms with van der Waals surface area (Å²) in [5, 5.41) is 19.5. The van der Waals surface area contributed by atoms with Crippen molar-refractivity contribution >= 4 is 28.3 Å². The van der Waals surface area contributed by atoms with E-state index in [0.29, 0.717) is 5.39 Å². The Kier molecular flexibility index (Phi) is 2.85. The molecule has 0 bridgehead atoms. The lowest BCUT2D eigenvalue weighted by atomic mass is 9.94. The van der Waals surface area contributed by atoms with Gasteiger partial charge in [0.1, 0.15) is 0 Å². The van der Waals surface area contributed by atoms with Crippen LogP contribution < -0.4 is 0 Å². The van der Waals surface area contributed by atoms with Gasteiger partial charge in [-0.2, -0.15) is 0 Å². The third-order valence-electron chi connectivity index (χ3n) is 2.72. The molecule has 0 heterocycles. The van der Waals surface area contributed by atoms with E-state index in [1.165, 1.54) is 6.07 Å². The predicted octanol–water partition coefficient (Wildman–Crippen LogP) is 2.64. The molecule has 0 aliphatic carbocycles. The number of rotatable bonds is 3. The van der Waals surface area contributed by atoms with Crippen molar-refractivity contribution in [3.05, 3.63) is 54.1 Å². The minimum atomic E-state index is -1.23. The van der Waals surface area contributed by atoms with Gasteiger partial charge in [-0.15, -0.1) is 0 Å². The summed E-state index contributed by atoms with van der Waals surface area (Å²) in [7, 11) is 0. The molecule has 0 fully saturated rings. The number of carboxylic acid groups (broad SMARTS) is 2. The molecule has 2 rings (SSSR count). The van der Waals surface area contributed by atoms with Crippen molar-refractivity contribution in [3.8, 4) is 0 Å². The summed E-state index contributed by atoms with van der Waals surface area (Å²) in [5.41, 5.74) is -0.113. The third kappa shape index (κ3) is 1.84. The Balaban J connectivity index is 2.87. The molecule has 0 atom stereocenters. The SMILES string of the molecule is C=C(C(=O)O)c1c(C(=O)O)ccc2ccccc12. The molecule has 0 saturated heterocycles. The van der Waals surface area contributed by atoms with Gasteiger partial charge in [-0.3, -0.25) is 0 Å². The molecule has 0 saturated carbocycles. The zero-order valence-corrected chi connectivity index (χ0v) is 9.38. The van der Waals surface area contributed by atoms with Crippen LogP contribution in [0.5, 0.6) is 0 Å². The van der Waals surface area contributed by atoms with Gasteiger partial charge in [-0.25, -0.2) is 9.59 Å². The van der Waals surface area contributed by atoms with Crippen LogP contribution in [0, 0.1) is 0 Å². The van der Waals surface area contributed by atoms with Crippen molar-refractivity contribution in [1.29, 1.82) is 0 Å². The Labute approximate surface area is 103 Å². The number of fused-ring (bicyclic) bond motifs is 1. The zero-order chi connectivity index (χ0) is 13.3. The highest BCUT2D eigenvalue weighted by atomic mass is 16.4. The lowest BCUT2D eigenvalue weighted by Gasteiger charge is -2.10. The average Bonchev–Trinajstić information content (AvgIpc) is 2.36. The van der Waals surface area contributed by atoms with Crippen molar-refractivity contribution in [3.63, 3.8) is 0 Å². The first-order chi connectivity index (χ1) is 8.52. The van der Waals surface area contributed by atoms with Gasteiger partial charge in [0, 0.05) is 5.56 Å². The predicted molar refractivity (Wildman–Crippen MR) is 67.6 cm³/mol. The number of benzene rings is 2. The average molecular weight is 242 g/mol. The summed E-state index contributed by atoms with van der Waals surface area (Å²) >= 11 is 0. The molecule has 90 valence electrons. The van der Waals surface area contributed by atoms with Crippen LogP contribution in [-0.2, 0) is 4.79 Å². The van der Waals surface area contributed by atoms with Gasteiger partial charge >= 0.3 is 11.9 Å². The normalized spacial score (nSPS) is 10.2. The van der Waals surface area contributed by atoms with E-state index >= 15 is 0 Å². The van der Waals surface area contributed by atoms with Crippen LogP contribution in [0.2, 0.25) is 0 Å². The van der Waals surface area contributed by atoms with Crippen LogP contribution in [0.4, 0.5) is 0 Å². The van der Waals surface area contributed by atoms with Crippen LogP contribution in [0.1, 0.15) is 15.9 Å². The van der Waals surface area contributed by atoms with Crippen molar-refractivity contribution in [2.24, 2.45) is 0 Å². The molecule has 0 aliphatic heterocycles. The molecule has 2 N–H and O–H groups in total. The number of carboxylic acids is 2. The van der Waals surface area contributed by atoms with E-state index in [1.807, 2.05) is 0 Å². The van der Waals surface area contributed by atoms with Gasteiger partial charge in [0.05, 0.1) is 11.1 Å². The molecular formula is C14H10O4. The third-order valence-corrected chi connectivity index (χ3v) is 2.72. The second-order valence-corrected chi connectivity index (χ2v) is 3.80. The maximum Gasteiger partial charge on any atom is 0.336 e. The number of aliphatic carboxylic acids is 1. The number of aromatic carboxylic acids is 1. The second kappa shape index (κ2) is 4.33. The first kappa shape index (κ1) is 11.9. The molecule has 4 nitrogen and oxygen atoms in total. The summed E-state index contributed by atoms with van der Waals surface area (Å²) in [6.45, 7) is 3.45. The fourth-order valence-electron chi connectivity index (χ4n) is 1.88. The molecule has 0 aliphatic rings. The topological polar surface area (TPSA) is 74.6 Å². The van der Waals surface area contributed by atoms with E-state index < -0.39 is 11.9 Å². The second-order valence-electron chi connectivity index (χ2n) is 3.80. The number of hydrogen-bond acceptors (Lipinski definition) is 2. The van der Waals surface area contributed by atoms with Gasteiger partial charge in [0.15, 0.2) is 0 Å². The zero-order valence-electron chi connectivity index (χ0n) is 9.38. The minimum Gasteiger partial charge on any atom is -0.478 e. The van der Waals surface area contributed by atoms with E-state index in [0.717, 1.165) is 5.39 Å². The summed E-state index contributed by atoms with van der Waals surface area (Å²) < 4.78 is 0. The Hall–Kier alpha value is -2.62. The van der Waals surface area contributed by atoms with Gasteiger partial charge < -0.3 is 10.2 Å². The summed E-state index contributed by atoms with van der Waals surface area (Å²) in [5.74, 6) is -2.40. The fourth-order valence-corrected chi connectivity index (χ4v) is 1.88. The van der Waals surface area contributed by atoms with Crippen molar-refractivity contribution in [1.82, 2.24) is 0 Å². The first-order valence-electron chi connectivity index (χ1n) is 5.20. The summed E-state index contributed by atoms with van der Waals surface area (Å²) in [4.78, 5) is 22.2. The van der Waals surface area contributed by atoms with E-state index in [2.05, 4.69) is 6.58 Å². The van der Waals surface area contributed by atoms with E-state index in [1.54, 1.807) is 30.3 Å². The van der Waals surface area contributed by atoms with Crippen LogP contribution in [0.3, 0.4) is 0 Å². The van der Waals surface area contributed by atoms with E-state index in [4.69, 9.17) is 10.2 Å².